The minimum Gasteiger partial charge on any atom is -0.381 e. The van der Waals surface area contributed by atoms with Gasteiger partial charge in [-0.3, -0.25) is 4.99 Å². The molecule has 148 valence electrons. The fourth-order valence-corrected chi connectivity index (χ4v) is 4.34. The zero-order chi connectivity index (χ0) is 18.7. The van der Waals surface area contributed by atoms with Crippen LogP contribution in [0.4, 0.5) is 5.82 Å². The largest absolute Gasteiger partial charge is 0.381 e. The number of guanidine groups is 1. The number of piperazine rings is 1. The first-order valence-corrected chi connectivity index (χ1v) is 10.1. The Morgan fingerprint density at radius 2 is 2.07 bits per heavy atom. The summed E-state index contributed by atoms with van der Waals surface area (Å²) in [5.41, 5.74) is 1.54. The molecule has 4 rings (SSSR count). The standard InChI is InChI=1S/C20H32N6O/c1-21-19(26-7-5-20(15-26)6-12-27-16-20)23-14-17-3-4-18(22-13-17)25-10-8-24(2)9-11-25/h3-4,13H,5-12,14-16H2,1-2H3,(H,21,23). The summed E-state index contributed by atoms with van der Waals surface area (Å²) in [6.07, 6.45) is 4.37. The van der Waals surface area contributed by atoms with Gasteiger partial charge in [-0.15, -0.1) is 0 Å². The van der Waals surface area contributed by atoms with Crippen molar-refractivity contribution in [1.82, 2.24) is 20.1 Å². The summed E-state index contributed by atoms with van der Waals surface area (Å²) in [5.74, 6) is 2.07. The summed E-state index contributed by atoms with van der Waals surface area (Å²) in [4.78, 5) is 16.3. The molecule has 1 aromatic heterocycles. The lowest BCUT2D eigenvalue weighted by molar-refractivity contribution is 0.156. The van der Waals surface area contributed by atoms with Crippen LogP contribution < -0.4 is 10.2 Å². The molecule has 1 atom stereocenters. The zero-order valence-electron chi connectivity index (χ0n) is 16.7. The highest BCUT2D eigenvalue weighted by Crippen LogP contribution is 2.38. The molecule has 1 N–H and O–H groups in total. The van der Waals surface area contributed by atoms with Gasteiger partial charge in [0.15, 0.2) is 5.96 Å². The third-order valence-corrected chi connectivity index (χ3v) is 6.22. The lowest BCUT2D eigenvalue weighted by Gasteiger charge is -2.33. The number of pyridine rings is 1. The molecule has 3 aliphatic rings. The molecule has 3 saturated heterocycles. The number of hydrogen-bond donors (Lipinski definition) is 1. The van der Waals surface area contributed by atoms with E-state index in [9.17, 15) is 0 Å². The van der Waals surface area contributed by atoms with E-state index in [1.54, 1.807) is 0 Å². The van der Waals surface area contributed by atoms with E-state index in [1.165, 1.54) is 18.4 Å². The fourth-order valence-electron chi connectivity index (χ4n) is 4.34. The Hall–Kier alpha value is -1.86. The molecule has 7 nitrogen and oxygen atoms in total. The van der Waals surface area contributed by atoms with E-state index in [0.29, 0.717) is 5.41 Å². The third-order valence-electron chi connectivity index (χ3n) is 6.22. The summed E-state index contributed by atoms with van der Waals surface area (Å²) in [6.45, 7) is 8.97. The maximum atomic E-state index is 5.64. The maximum absolute atomic E-state index is 5.64. The molecular weight excluding hydrogens is 340 g/mol. The van der Waals surface area contributed by atoms with Gasteiger partial charge in [0.25, 0.3) is 0 Å². The number of rotatable bonds is 3. The second-order valence-electron chi connectivity index (χ2n) is 8.19. The quantitative estimate of drug-likeness (QED) is 0.632. The highest BCUT2D eigenvalue weighted by molar-refractivity contribution is 5.80. The number of aliphatic imine (C=N–C) groups is 1. The maximum Gasteiger partial charge on any atom is 0.193 e. The number of nitrogens with zero attached hydrogens (tertiary/aromatic N) is 5. The van der Waals surface area contributed by atoms with E-state index in [0.717, 1.165) is 70.8 Å². The van der Waals surface area contributed by atoms with Gasteiger partial charge >= 0.3 is 0 Å². The molecule has 1 spiro atoms. The van der Waals surface area contributed by atoms with Crippen LogP contribution in [-0.2, 0) is 11.3 Å². The number of nitrogens with one attached hydrogen (secondary N) is 1. The average Bonchev–Trinajstić information content (AvgIpc) is 3.34. The molecule has 0 radical (unpaired) electrons. The lowest BCUT2D eigenvalue weighted by atomic mass is 9.87. The van der Waals surface area contributed by atoms with Crippen LogP contribution in [0.25, 0.3) is 0 Å². The van der Waals surface area contributed by atoms with Crippen LogP contribution in [0.3, 0.4) is 0 Å². The number of hydrogen-bond acceptors (Lipinski definition) is 5. The number of anilines is 1. The van der Waals surface area contributed by atoms with Crippen LogP contribution >= 0.6 is 0 Å². The first-order valence-electron chi connectivity index (χ1n) is 10.1. The van der Waals surface area contributed by atoms with Gasteiger partial charge in [-0.05, 0) is 31.5 Å². The SMILES string of the molecule is CN=C(NCc1ccc(N2CCN(C)CC2)nc1)N1CCC2(CCOC2)C1. The Labute approximate surface area is 162 Å². The Morgan fingerprint density at radius 3 is 2.74 bits per heavy atom. The van der Waals surface area contributed by atoms with E-state index in [-0.39, 0.29) is 0 Å². The van der Waals surface area contributed by atoms with Gasteiger partial charge in [-0.25, -0.2) is 4.98 Å². The monoisotopic (exact) mass is 372 g/mol. The summed E-state index contributed by atoms with van der Waals surface area (Å²) >= 11 is 0. The van der Waals surface area contributed by atoms with Gasteiger partial charge in [0.2, 0.25) is 0 Å². The van der Waals surface area contributed by atoms with Crippen molar-refractivity contribution >= 4 is 11.8 Å². The molecule has 0 amide bonds. The Bertz CT molecular complexity index is 647. The fraction of sp³-hybridized carbons (Fsp3) is 0.700. The topological polar surface area (TPSA) is 56.2 Å². The molecule has 0 aliphatic carbocycles. The molecule has 0 saturated carbocycles. The third kappa shape index (κ3) is 4.19. The van der Waals surface area contributed by atoms with Crippen LogP contribution in [0.5, 0.6) is 0 Å². The highest BCUT2D eigenvalue weighted by Gasteiger charge is 2.42. The van der Waals surface area contributed by atoms with Crippen molar-refractivity contribution in [3.63, 3.8) is 0 Å². The molecule has 0 bridgehead atoms. The first-order chi connectivity index (χ1) is 13.2. The molecule has 3 aliphatic heterocycles. The number of likely N-dealkylation sites (N-methyl/N-ethyl adjacent to an activating group) is 1. The number of ether oxygens (including phenoxy) is 1. The highest BCUT2D eigenvalue weighted by atomic mass is 16.5. The molecule has 1 aromatic rings. The van der Waals surface area contributed by atoms with Crippen molar-refractivity contribution < 1.29 is 4.74 Å². The average molecular weight is 373 g/mol. The van der Waals surface area contributed by atoms with Crippen molar-refractivity contribution in [2.45, 2.75) is 19.4 Å². The molecule has 1 unspecified atom stereocenters. The van der Waals surface area contributed by atoms with Crippen LogP contribution in [0.15, 0.2) is 23.3 Å². The first kappa shape index (κ1) is 18.5. The van der Waals surface area contributed by atoms with Crippen LogP contribution in [0.1, 0.15) is 18.4 Å². The summed E-state index contributed by atoms with van der Waals surface area (Å²) in [6, 6.07) is 4.32. The van der Waals surface area contributed by atoms with Crippen molar-refractivity contribution in [2.24, 2.45) is 10.4 Å². The summed E-state index contributed by atoms with van der Waals surface area (Å²) < 4.78 is 5.64. The molecule has 27 heavy (non-hydrogen) atoms. The van der Waals surface area contributed by atoms with Gasteiger partial charge in [-0.1, -0.05) is 6.07 Å². The van der Waals surface area contributed by atoms with E-state index in [1.807, 2.05) is 13.2 Å². The van der Waals surface area contributed by atoms with E-state index in [4.69, 9.17) is 4.74 Å². The molecule has 4 heterocycles. The summed E-state index contributed by atoms with van der Waals surface area (Å²) in [5, 5.41) is 3.51. The number of aromatic nitrogens is 1. The van der Waals surface area contributed by atoms with Crippen LogP contribution in [-0.4, -0.2) is 87.3 Å². The predicted octanol–water partition coefficient (Wildman–Crippen LogP) is 1.02. The Balaban J connectivity index is 1.30. The predicted molar refractivity (Wildman–Crippen MR) is 108 cm³/mol. The molecule has 0 aromatic carbocycles. The minimum absolute atomic E-state index is 0.351. The second kappa shape index (κ2) is 8.02. The van der Waals surface area contributed by atoms with Gasteiger partial charge in [-0.2, -0.15) is 0 Å². The normalized spacial score (nSPS) is 27.0. The Morgan fingerprint density at radius 1 is 1.22 bits per heavy atom. The van der Waals surface area contributed by atoms with Gasteiger partial charge in [0, 0.05) is 71.1 Å². The minimum atomic E-state index is 0.351. The second-order valence-corrected chi connectivity index (χ2v) is 8.19. The molecule has 3 fully saturated rings. The van der Waals surface area contributed by atoms with Crippen LogP contribution in [0.2, 0.25) is 0 Å². The van der Waals surface area contributed by atoms with Gasteiger partial charge in [0.05, 0.1) is 6.61 Å². The Kier molecular flexibility index (Phi) is 5.50. The number of likely N-dealkylation sites (tertiary alicyclic amines) is 1. The van der Waals surface area contributed by atoms with E-state index in [2.05, 4.69) is 49.2 Å². The zero-order valence-corrected chi connectivity index (χ0v) is 16.7. The molecule has 7 heteroatoms. The van der Waals surface area contributed by atoms with Crippen LogP contribution in [0, 0.1) is 5.41 Å². The van der Waals surface area contributed by atoms with Crippen molar-refractivity contribution in [1.29, 1.82) is 0 Å². The van der Waals surface area contributed by atoms with Gasteiger partial charge in [0.1, 0.15) is 5.82 Å². The van der Waals surface area contributed by atoms with Gasteiger partial charge < -0.3 is 24.8 Å². The van der Waals surface area contributed by atoms with E-state index < -0.39 is 0 Å². The summed E-state index contributed by atoms with van der Waals surface area (Å²) in [7, 11) is 4.04. The smallest absolute Gasteiger partial charge is 0.193 e. The van der Waals surface area contributed by atoms with E-state index >= 15 is 0 Å². The van der Waals surface area contributed by atoms with Crippen molar-refractivity contribution in [2.75, 3.05) is 71.5 Å². The van der Waals surface area contributed by atoms with Crippen molar-refractivity contribution in [3.05, 3.63) is 23.9 Å². The lowest BCUT2D eigenvalue weighted by Crippen LogP contribution is -2.44. The molecular formula is C20H32N6O. The van der Waals surface area contributed by atoms with Crippen molar-refractivity contribution in [3.8, 4) is 0 Å².